The average molecular weight is 296 g/mol. The summed E-state index contributed by atoms with van der Waals surface area (Å²) in [6, 6.07) is 5.70. The lowest BCUT2D eigenvalue weighted by atomic mass is 9.78. The number of rotatable bonds is 3. The maximum atomic E-state index is 10.9. The minimum Gasteiger partial charge on any atom is -0.399 e. The Labute approximate surface area is 122 Å². The van der Waals surface area contributed by atoms with Crippen LogP contribution in [0.4, 0.5) is 0 Å². The first-order chi connectivity index (χ1) is 9.12. The van der Waals surface area contributed by atoms with Crippen LogP contribution in [-0.2, 0) is 25.8 Å². The Bertz CT molecular complexity index is 569. The molecular weight excluding hydrogens is 275 g/mol. The van der Waals surface area contributed by atoms with E-state index >= 15 is 0 Å². The molecule has 1 aliphatic rings. The number of hydrogen-bond acceptors (Lipinski definition) is 4. The van der Waals surface area contributed by atoms with Crippen LogP contribution in [-0.4, -0.2) is 26.7 Å². The van der Waals surface area contributed by atoms with Crippen LogP contribution < -0.4 is 5.46 Å². The highest BCUT2D eigenvalue weighted by Crippen LogP contribution is 2.36. The minimum absolute atomic E-state index is 0.0501. The molecule has 0 aromatic heterocycles. The van der Waals surface area contributed by atoms with Crippen molar-refractivity contribution in [1.82, 2.24) is 0 Å². The average Bonchev–Trinajstić information content (AvgIpc) is 2.50. The quantitative estimate of drug-likeness (QED) is 0.677. The van der Waals surface area contributed by atoms with Crippen LogP contribution in [0.3, 0.4) is 0 Å². The van der Waals surface area contributed by atoms with Gasteiger partial charge in [0.2, 0.25) is 0 Å². The first-order valence-electron chi connectivity index (χ1n) is 6.69. The molecule has 2 rings (SSSR count). The van der Waals surface area contributed by atoms with Gasteiger partial charge < -0.3 is 9.31 Å². The van der Waals surface area contributed by atoms with E-state index in [-0.39, 0.29) is 5.75 Å². The maximum Gasteiger partial charge on any atom is 0.494 e. The third-order valence-electron chi connectivity index (χ3n) is 4.20. The Morgan fingerprint density at radius 2 is 1.65 bits per heavy atom. The lowest BCUT2D eigenvalue weighted by molar-refractivity contribution is 0.00578. The summed E-state index contributed by atoms with van der Waals surface area (Å²) in [5.74, 6) is 0.0501. The van der Waals surface area contributed by atoms with Crippen molar-refractivity contribution >= 4 is 23.3 Å². The molecule has 0 unspecified atom stereocenters. The number of hydrogen-bond donors (Lipinski definition) is 1. The molecule has 1 heterocycles. The molecule has 0 saturated carbocycles. The zero-order valence-electron chi connectivity index (χ0n) is 12.6. The highest BCUT2D eigenvalue weighted by Gasteiger charge is 2.51. The van der Waals surface area contributed by atoms with Crippen LogP contribution in [0.1, 0.15) is 38.8 Å². The molecule has 0 radical (unpaired) electrons. The van der Waals surface area contributed by atoms with E-state index in [1.54, 1.807) is 0 Å². The predicted molar refractivity (Wildman–Crippen MR) is 80.9 cm³/mol. The topological polar surface area (TPSA) is 52.6 Å². The Balaban J connectivity index is 2.31. The van der Waals surface area contributed by atoms with Gasteiger partial charge in [0.1, 0.15) is 10.7 Å². The van der Waals surface area contributed by atoms with Gasteiger partial charge in [0.15, 0.2) is 0 Å². The molecule has 4 nitrogen and oxygen atoms in total. The fourth-order valence-electron chi connectivity index (χ4n) is 2.13. The molecule has 0 amide bonds. The van der Waals surface area contributed by atoms with E-state index in [0.29, 0.717) is 0 Å². The fourth-order valence-corrected chi connectivity index (χ4v) is 2.75. The molecule has 0 spiro atoms. The molecular formula is C14H21BO4S. The van der Waals surface area contributed by atoms with Crippen molar-refractivity contribution < 1.29 is 17.7 Å². The second-order valence-corrected chi connectivity index (χ2v) is 7.25. The molecule has 1 saturated heterocycles. The van der Waals surface area contributed by atoms with Crippen molar-refractivity contribution in [2.75, 3.05) is 0 Å². The second kappa shape index (κ2) is 5.17. The SMILES string of the molecule is Cc1ccc(B2OC(C)(C)C(C)(C)O2)cc1C[SH](=O)=O. The summed E-state index contributed by atoms with van der Waals surface area (Å²) >= 11 is 0. The smallest absolute Gasteiger partial charge is 0.399 e. The van der Waals surface area contributed by atoms with E-state index in [4.69, 9.17) is 9.31 Å². The predicted octanol–water partition coefficient (Wildman–Crippen LogP) is 1.41. The van der Waals surface area contributed by atoms with Crippen molar-refractivity contribution in [2.24, 2.45) is 0 Å². The molecule has 1 fully saturated rings. The standard InChI is InChI=1S/C14H21BO4S/c1-10-6-7-12(8-11(10)9-20(16)17)15-18-13(2,3)14(4,5)19-15/h6-8,20H,9H2,1-5H3. The molecule has 0 N–H and O–H groups in total. The van der Waals surface area contributed by atoms with Gasteiger partial charge in [-0.3, -0.25) is 0 Å². The Hall–Kier alpha value is -0.845. The van der Waals surface area contributed by atoms with E-state index in [1.165, 1.54) is 0 Å². The van der Waals surface area contributed by atoms with Crippen molar-refractivity contribution in [2.45, 2.75) is 51.6 Å². The Kier molecular flexibility index (Phi) is 4.02. The van der Waals surface area contributed by atoms with Gasteiger partial charge >= 0.3 is 7.12 Å². The van der Waals surface area contributed by atoms with Crippen molar-refractivity contribution in [3.63, 3.8) is 0 Å². The van der Waals surface area contributed by atoms with Gasteiger partial charge in [-0.25, -0.2) is 8.42 Å². The normalized spacial score (nSPS) is 20.6. The molecule has 0 atom stereocenters. The van der Waals surface area contributed by atoms with Crippen molar-refractivity contribution in [3.05, 3.63) is 29.3 Å². The molecule has 6 heteroatoms. The third-order valence-corrected chi connectivity index (χ3v) is 4.80. The van der Waals surface area contributed by atoms with Gasteiger partial charge in [0.05, 0.1) is 17.0 Å². The molecule has 1 aromatic carbocycles. The van der Waals surface area contributed by atoms with Gasteiger partial charge in [-0.2, -0.15) is 0 Å². The van der Waals surface area contributed by atoms with E-state index in [9.17, 15) is 8.42 Å². The molecule has 0 aliphatic carbocycles. The zero-order chi connectivity index (χ0) is 15.1. The van der Waals surface area contributed by atoms with Gasteiger partial charge in [-0.1, -0.05) is 18.2 Å². The highest BCUT2D eigenvalue weighted by atomic mass is 32.2. The molecule has 0 bridgehead atoms. The monoisotopic (exact) mass is 296 g/mol. The zero-order valence-corrected chi connectivity index (χ0v) is 13.5. The maximum absolute atomic E-state index is 10.9. The summed E-state index contributed by atoms with van der Waals surface area (Å²) in [4.78, 5) is 0. The minimum atomic E-state index is -2.44. The molecule has 1 aromatic rings. The summed E-state index contributed by atoms with van der Waals surface area (Å²) in [5.41, 5.74) is 1.83. The Morgan fingerprint density at radius 3 is 2.15 bits per heavy atom. The van der Waals surface area contributed by atoms with Crippen LogP contribution in [0.25, 0.3) is 0 Å². The Morgan fingerprint density at radius 1 is 1.10 bits per heavy atom. The molecule has 110 valence electrons. The van der Waals surface area contributed by atoms with Gasteiger partial charge in [-0.15, -0.1) is 0 Å². The summed E-state index contributed by atoms with van der Waals surface area (Å²) in [6.45, 7) is 9.89. The van der Waals surface area contributed by atoms with Crippen molar-refractivity contribution in [3.8, 4) is 0 Å². The van der Waals surface area contributed by atoms with E-state index in [2.05, 4.69) is 0 Å². The summed E-state index contributed by atoms with van der Waals surface area (Å²) < 4.78 is 33.8. The van der Waals surface area contributed by atoms with E-state index in [1.807, 2.05) is 52.8 Å². The first kappa shape index (κ1) is 15.5. The van der Waals surface area contributed by atoms with Crippen LogP contribution in [0.2, 0.25) is 0 Å². The second-order valence-electron chi connectivity index (χ2n) is 6.27. The van der Waals surface area contributed by atoms with Crippen LogP contribution in [0.5, 0.6) is 0 Å². The van der Waals surface area contributed by atoms with Gasteiger partial charge in [0, 0.05) is 0 Å². The van der Waals surface area contributed by atoms with Crippen LogP contribution in [0.15, 0.2) is 18.2 Å². The number of aryl methyl sites for hydroxylation is 1. The van der Waals surface area contributed by atoms with E-state index < -0.39 is 29.0 Å². The summed E-state index contributed by atoms with van der Waals surface area (Å²) in [5, 5.41) is 0. The number of benzene rings is 1. The molecule has 20 heavy (non-hydrogen) atoms. The highest BCUT2D eigenvalue weighted by molar-refractivity contribution is 7.71. The van der Waals surface area contributed by atoms with Crippen molar-refractivity contribution in [1.29, 1.82) is 0 Å². The third kappa shape index (κ3) is 2.92. The van der Waals surface area contributed by atoms with Gasteiger partial charge in [-0.05, 0) is 51.2 Å². The summed E-state index contributed by atoms with van der Waals surface area (Å²) in [6.07, 6.45) is 0. The summed E-state index contributed by atoms with van der Waals surface area (Å²) in [7, 11) is -2.89. The van der Waals surface area contributed by atoms with E-state index in [0.717, 1.165) is 16.6 Å². The fraction of sp³-hybridized carbons (Fsp3) is 0.571. The molecule has 1 aliphatic heterocycles. The van der Waals surface area contributed by atoms with Gasteiger partial charge in [0.25, 0.3) is 0 Å². The first-order valence-corrected chi connectivity index (χ1v) is 8.05. The largest absolute Gasteiger partial charge is 0.494 e. The van der Waals surface area contributed by atoms with Crippen LogP contribution in [0, 0.1) is 6.92 Å². The lowest BCUT2D eigenvalue weighted by Gasteiger charge is -2.32. The van der Waals surface area contributed by atoms with Crippen LogP contribution >= 0.6 is 0 Å². The lowest BCUT2D eigenvalue weighted by Crippen LogP contribution is -2.41. The number of thiol groups is 1.